The zero-order valence-electron chi connectivity index (χ0n) is 20.4. The maximum absolute atomic E-state index is 15.6. The highest BCUT2D eigenvalue weighted by Gasteiger charge is 2.52. The molecular formula is C25H24F7NO5S. The number of halogens is 7. The second-order valence-corrected chi connectivity index (χ2v) is 12.0. The molecule has 2 aliphatic rings. The van der Waals surface area contributed by atoms with Crippen molar-refractivity contribution in [3.8, 4) is 5.75 Å². The Labute approximate surface area is 219 Å². The maximum atomic E-state index is 15.6. The quantitative estimate of drug-likeness (QED) is 0.364. The zero-order chi connectivity index (χ0) is 29.0. The lowest BCUT2D eigenvalue weighted by Gasteiger charge is -2.29. The molecule has 1 aliphatic carbocycles. The van der Waals surface area contributed by atoms with Gasteiger partial charge in [-0.15, -0.1) is 0 Å². The number of nitrogens with zero attached hydrogens (tertiary/aromatic N) is 1. The maximum Gasteiger partial charge on any atom is 0.420 e. The van der Waals surface area contributed by atoms with E-state index >= 15 is 4.39 Å². The summed E-state index contributed by atoms with van der Waals surface area (Å²) >= 11 is 0. The predicted molar refractivity (Wildman–Crippen MR) is 125 cm³/mol. The van der Waals surface area contributed by atoms with E-state index in [0.717, 1.165) is 29.2 Å². The molecule has 0 radical (unpaired) electrons. The Bertz CT molecular complexity index is 1350. The van der Waals surface area contributed by atoms with E-state index in [4.69, 9.17) is 4.74 Å². The van der Waals surface area contributed by atoms with Gasteiger partial charge < -0.3 is 14.7 Å². The Morgan fingerprint density at radius 1 is 1.13 bits per heavy atom. The molecule has 0 bridgehead atoms. The minimum atomic E-state index is -5.10. The van der Waals surface area contributed by atoms with Crippen molar-refractivity contribution >= 4 is 27.2 Å². The van der Waals surface area contributed by atoms with Crippen molar-refractivity contribution in [2.75, 3.05) is 18.1 Å². The number of hydrogen-bond donors (Lipinski definition) is 1. The lowest BCUT2D eigenvalue weighted by atomic mass is 10.00. The number of carbonyl (C=O) groups is 1. The van der Waals surface area contributed by atoms with Gasteiger partial charge in [-0.3, -0.25) is 4.79 Å². The van der Waals surface area contributed by atoms with Gasteiger partial charge >= 0.3 is 12.1 Å². The number of carboxylic acid groups (broad SMARTS) is 1. The standard InChI is InChI=1S/C25H24F7NO5S/c1-23(28,29)7-6-14-12-33(16-4-2-15(26)3-5-16)18-10-17(25(30,31)32)19(11-20(18)39(36,37)21(14)27)38-13-24(8-9-24)22(34)35/h2-5,10-11,14,21H,6-9,12-13H2,1H3,(H,34,35)/t14-,21+/m1/s1. The van der Waals surface area contributed by atoms with Gasteiger partial charge in [0, 0.05) is 30.6 Å². The van der Waals surface area contributed by atoms with Crippen LogP contribution in [0.15, 0.2) is 41.3 Å². The molecule has 0 unspecified atom stereocenters. The number of alkyl halides is 6. The molecule has 2 aromatic carbocycles. The third-order valence-electron chi connectivity index (χ3n) is 6.95. The molecule has 1 N–H and O–H groups in total. The number of anilines is 2. The number of carboxylic acids is 1. The molecule has 14 heteroatoms. The van der Waals surface area contributed by atoms with Gasteiger partial charge in [0.15, 0.2) is 0 Å². The first-order valence-corrected chi connectivity index (χ1v) is 13.4. The van der Waals surface area contributed by atoms with E-state index in [1.165, 1.54) is 0 Å². The number of sulfone groups is 1. The zero-order valence-corrected chi connectivity index (χ0v) is 21.3. The number of fused-ring (bicyclic) bond motifs is 1. The van der Waals surface area contributed by atoms with Crippen molar-refractivity contribution in [1.82, 2.24) is 0 Å². The molecule has 2 atom stereocenters. The minimum absolute atomic E-state index is 0.000174. The highest BCUT2D eigenvalue weighted by atomic mass is 32.2. The van der Waals surface area contributed by atoms with Crippen LogP contribution in [0.3, 0.4) is 0 Å². The number of benzene rings is 2. The van der Waals surface area contributed by atoms with Crippen LogP contribution in [0.4, 0.5) is 42.1 Å². The van der Waals surface area contributed by atoms with E-state index in [-0.39, 0.29) is 18.5 Å². The Balaban J connectivity index is 1.88. The summed E-state index contributed by atoms with van der Waals surface area (Å²) in [5.41, 5.74) is -6.23. The van der Waals surface area contributed by atoms with Crippen LogP contribution in [0.5, 0.6) is 5.75 Å². The summed E-state index contributed by atoms with van der Waals surface area (Å²) in [7, 11) is -5.05. The molecule has 0 saturated heterocycles. The fourth-order valence-corrected chi connectivity index (χ4v) is 6.14. The number of ether oxygens (including phenoxy) is 1. The van der Waals surface area contributed by atoms with Gasteiger partial charge in [-0.2, -0.15) is 13.2 Å². The number of hydrogen-bond acceptors (Lipinski definition) is 5. The van der Waals surface area contributed by atoms with Gasteiger partial charge in [0.1, 0.15) is 23.6 Å². The smallest absolute Gasteiger partial charge is 0.420 e. The number of rotatable bonds is 8. The molecule has 0 amide bonds. The van der Waals surface area contributed by atoms with Crippen LogP contribution in [0.25, 0.3) is 0 Å². The van der Waals surface area contributed by atoms with Gasteiger partial charge in [0.25, 0.3) is 0 Å². The van der Waals surface area contributed by atoms with Crippen LogP contribution in [0, 0.1) is 17.2 Å². The molecule has 4 rings (SSSR count). The molecule has 1 heterocycles. The minimum Gasteiger partial charge on any atom is -0.492 e. The molecule has 1 saturated carbocycles. The molecule has 214 valence electrons. The normalized spacial score (nSPS) is 22.1. The Kier molecular flexibility index (Phi) is 7.32. The first-order chi connectivity index (χ1) is 17.9. The fourth-order valence-electron chi connectivity index (χ4n) is 4.43. The Morgan fingerprint density at radius 3 is 2.26 bits per heavy atom. The van der Waals surface area contributed by atoms with Crippen molar-refractivity contribution in [2.24, 2.45) is 11.3 Å². The van der Waals surface area contributed by atoms with Crippen LogP contribution in [0.2, 0.25) is 0 Å². The lowest BCUT2D eigenvalue weighted by molar-refractivity contribution is -0.144. The van der Waals surface area contributed by atoms with E-state index in [1.54, 1.807) is 0 Å². The molecule has 6 nitrogen and oxygen atoms in total. The third-order valence-corrected chi connectivity index (χ3v) is 8.87. The van der Waals surface area contributed by atoms with Crippen LogP contribution in [0.1, 0.15) is 38.2 Å². The largest absolute Gasteiger partial charge is 0.492 e. The summed E-state index contributed by atoms with van der Waals surface area (Å²) in [6, 6.07) is 5.12. The van der Waals surface area contributed by atoms with E-state index < -0.39 is 98.4 Å². The molecule has 1 aliphatic heterocycles. The second kappa shape index (κ2) is 9.86. The van der Waals surface area contributed by atoms with Crippen molar-refractivity contribution in [1.29, 1.82) is 0 Å². The van der Waals surface area contributed by atoms with Crippen LogP contribution >= 0.6 is 0 Å². The van der Waals surface area contributed by atoms with E-state index in [1.807, 2.05) is 0 Å². The van der Waals surface area contributed by atoms with Gasteiger partial charge in [-0.25, -0.2) is 26.0 Å². The van der Waals surface area contributed by atoms with Crippen molar-refractivity contribution in [3.05, 3.63) is 47.8 Å². The summed E-state index contributed by atoms with van der Waals surface area (Å²) < 4.78 is 131. The average Bonchev–Trinajstić information content (AvgIpc) is 3.63. The highest BCUT2D eigenvalue weighted by Crippen LogP contribution is 2.50. The van der Waals surface area contributed by atoms with Crippen molar-refractivity contribution < 1.29 is 53.8 Å². The number of aliphatic carboxylic acids is 1. The van der Waals surface area contributed by atoms with Crippen molar-refractivity contribution in [2.45, 2.75) is 55.1 Å². The summed E-state index contributed by atoms with van der Waals surface area (Å²) in [4.78, 5) is 11.6. The van der Waals surface area contributed by atoms with Crippen LogP contribution < -0.4 is 9.64 Å². The Hall–Kier alpha value is -3.03. The monoisotopic (exact) mass is 583 g/mol. The van der Waals surface area contributed by atoms with Gasteiger partial charge in [-0.1, -0.05) is 0 Å². The molecule has 2 aromatic rings. The first kappa shape index (κ1) is 29.0. The SMILES string of the molecule is CC(F)(F)CC[C@@H]1CN(c2ccc(F)cc2)c2cc(C(F)(F)F)c(OCC3(C(=O)O)CC3)cc2S(=O)(=O)[C@@H]1F. The van der Waals surface area contributed by atoms with Crippen molar-refractivity contribution in [3.63, 3.8) is 0 Å². The summed E-state index contributed by atoms with van der Waals surface area (Å²) in [6.07, 6.45) is -6.33. The average molecular weight is 584 g/mol. The van der Waals surface area contributed by atoms with E-state index in [9.17, 15) is 44.7 Å². The summed E-state index contributed by atoms with van der Waals surface area (Å²) in [6.45, 7) is -0.713. The van der Waals surface area contributed by atoms with Gasteiger partial charge in [0.2, 0.25) is 21.3 Å². The fraction of sp³-hybridized carbons (Fsp3) is 0.480. The molecule has 0 aromatic heterocycles. The topological polar surface area (TPSA) is 83.9 Å². The van der Waals surface area contributed by atoms with Gasteiger partial charge in [0.05, 0.1) is 16.1 Å². The Morgan fingerprint density at radius 2 is 1.74 bits per heavy atom. The molecule has 1 fully saturated rings. The molecule has 0 spiro atoms. The summed E-state index contributed by atoms with van der Waals surface area (Å²) in [5, 5.41) is 9.34. The molecular weight excluding hydrogens is 559 g/mol. The summed E-state index contributed by atoms with van der Waals surface area (Å²) in [5.74, 6) is -7.86. The predicted octanol–water partition coefficient (Wildman–Crippen LogP) is 6.36. The second-order valence-electron chi connectivity index (χ2n) is 10.0. The lowest BCUT2D eigenvalue weighted by Crippen LogP contribution is -2.32. The van der Waals surface area contributed by atoms with E-state index in [0.29, 0.717) is 19.1 Å². The highest BCUT2D eigenvalue weighted by molar-refractivity contribution is 7.92. The van der Waals surface area contributed by atoms with Crippen LogP contribution in [-0.2, 0) is 20.8 Å². The first-order valence-electron chi connectivity index (χ1n) is 11.8. The van der Waals surface area contributed by atoms with Gasteiger partial charge in [-0.05, 0) is 56.5 Å². The third kappa shape index (κ3) is 5.94. The van der Waals surface area contributed by atoms with Crippen LogP contribution in [-0.4, -0.2) is 44.1 Å². The van der Waals surface area contributed by atoms with E-state index in [2.05, 4.69) is 0 Å². The molecule has 39 heavy (non-hydrogen) atoms.